The average molecular weight is 313 g/mol. The number of para-hydroxylation sites is 1. The Morgan fingerprint density at radius 1 is 1.30 bits per heavy atom. The van der Waals surface area contributed by atoms with Gasteiger partial charge in [-0.15, -0.1) is 0 Å². The van der Waals surface area contributed by atoms with Gasteiger partial charge < -0.3 is 14.6 Å². The van der Waals surface area contributed by atoms with E-state index in [1.165, 1.54) is 0 Å². The number of fused-ring (bicyclic) bond motifs is 1. The van der Waals surface area contributed by atoms with Crippen molar-refractivity contribution in [3.63, 3.8) is 0 Å². The molecule has 2 aliphatic rings. The molecule has 0 bridgehead atoms. The van der Waals surface area contributed by atoms with Gasteiger partial charge in [-0.1, -0.05) is 23.4 Å². The second-order valence-corrected chi connectivity index (χ2v) is 6.18. The molecule has 0 unspecified atom stereocenters. The lowest BCUT2D eigenvalue weighted by molar-refractivity contribution is -0.126. The van der Waals surface area contributed by atoms with Crippen molar-refractivity contribution in [3.05, 3.63) is 41.5 Å². The zero-order valence-corrected chi connectivity index (χ0v) is 12.8. The third-order valence-electron chi connectivity index (χ3n) is 4.31. The molecule has 0 spiro atoms. The number of ether oxygens (including phenoxy) is 1. The van der Waals surface area contributed by atoms with E-state index in [-0.39, 0.29) is 11.8 Å². The maximum absolute atomic E-state index is 12.3. The number of nitrogens with one attached hydrogen (secondary N) is 1. The number of hydrogen-bond acceptors (Lipinski definition) is 5. The Hall–Kier alpha value is -2.37. The highest BCUT2D eigenvalue weighted by Gasteiger charge is 2.29. The number of carbonyl (C=O) groups excluding carboxylic acids is 1. The number of hydrogen-bond donors (Lipinski definition) is 1. The van der Waals surface area contributed by atoms with Crippen LogP contribution in [0, 0.1) is 5.92 Å². The van der Waals surface area contributed by atoms with E-state index >= 15 is 0 Å². The summed E-state index contributed by atoms with van der Waals surface area (Å²) in [5, 5.41) is 6.91. The fourth-order valence-electron chi connectivity index (χ4n) is 2.81. The molecule has 0 radical (unpaired) electrons. The first-order valence-electron chi connectivity index (χ1n) is 8.10. The van der Waals surface area contributed by atoms with Gasteiger partial charge >= 0.3 is 0 Å². The van der Waals surface area contributed by atoms with Gasteiger partial charge in [0.2, 0.25) is 11.8 Å². The molecule has 1 aromatic carbocycles. The molecule has 6 heteroatoms. The number of benzene rings is 1. The SMILES string of the molecule is O=C(NCCc1nc(C2CC2)no1)[C@H]1COc2ccccc2C1. The lowest BCUT2D eigenvalue weighted by Gasteiger charge is -2.24. The van der Waals surface area contributed by atoms with Crippen LogP contribution in [-0.4, -0.2) is 29.2 Å². The predicted octanol–water partition coefficient (Wildman–Crippen LogP) is 1.86. The van der Waals surface area contributed by atoms with Crippen LogP contribution in [0.2, 0.25) is 0 Å². The first-order valence-corrected chi connectivity index (χ1v) is 8.10. The molecular weight excluding hydrogens is 294 g/mol. The summed E-state index contributed by atoms with van der Waals surface area (Å²) in [5.74, 6) is 2.65. The molecule has 1 N–H and O–H groups in total. The van der Waals surface area contributed by atoms with Gasteiger partial charge in [0.25, 0.3) is 0 Å². The number of carbonyl (C=O) groups is 1. The molecule has 6 nitrogen and oxygen atoms in total. The largest absolute Gasteiger partial charge is 0.492 e. The summed E-state index contributed by atoms with van der Waals surface area (Å²) < 4.78 is 10.9. The quantitative estimate of drug-likeness (QED) is 0.911. The Bertz CT molecular complexity index is 709. The molecule has 2 heterocycles. The van der Waals surface area contributed by atoms with Crippen molar-refractivity contribution < 1.29 is 14.1 Å². The number of rotatable bonds is 5. The van der Waals surface area contributed by atoms with Gasteiger partial charge in [0.15, 0.2) is 5.82 Å². The first-order chi connectivity index (χ1) is 11.3. The Labute approximate surface area is 134 Å². The van der Waals surface area contributed by atoms with Crippen LogP contribution in [0.25, 0.3) is 0 Å². The van der Waals surface area contributed by atoms with Crippen LogP contribution in [0.5, 0.6) is 5.75 Å². The van der Waals surface area contributed by atoms with Crippen LogP contribution >= 0.6 is 0 Å². The van der Waals surface area contributed by atoms with E-state index in [0.29, 0.717) is 37.8 Å². The van der Waals surface area contributed by atoms with Crippen molar-refractivity contribution in [2.24, 2.45) is 5.92 Å². The highest BCUT2D eigenvalue weighted by Crippen LogP contribution is 2.38. The van der Waals surface area contributed by atoms with Crippen LogP contribution in [0.15, 0.2) is 28.8 Å². The van der Waals surface area contributed by atoms with Gasteiger partial charge in [-0.25, -0.2) is 0 Å². The third-order valence-corrected chi connectivity index (χ3v) is 4.31. The molecular formula is C17H19N3O3. The van der Waals surface area contributed by atoms with Gasteiger partial charge in [0, 0.05) is 18.9 Å². The summed E-state index contributed by atoms with van der Waals surface area (Å²) in [7, 11) is 0. The van der Waals surface area contributed by atoms with Crippen molar-refractivity contribution in [3.8, 4) is 5.75 Å². The van der Waals surface area contributed by atoms with Gasteiger partial charge in [-0.2, -0.15) is 4.98 Å². The highest BCUT2D eigenvalue weighted by molar-refractivity contribution is 5.79. The van der Waals surface area contributed by atoms with E-state index in [2.05, 4.69) is 15.5 Å². The Morgan fingerprint density at radius 3 is 3.04 bits per heavy atom. The molecule has 1 fully saturated rings. The van der Waals surface area contributed by atoms with Crippen molar-refractivity contribution in [2.45, 2.75) is 31.6 Å². The molecule has 1 amide bonds. The Balaban J connectivity index is 1.27. The normalized spacial score (nSPS) is 19.7. The van der Waals surface area contributed by atoms with Crippen molar-refractivity contribution >= 4 is 5.91 Å². The molecule has 4 rings (SSSR count). The second-order valence-electron chi connectivity index (χ2n) is 6.18. The van der Waals surface area contributed by atoms with E-state index in [0.717, 1.165) is 30.0 Å². The lowest BCUT2D eigenvalue weighted by atomic mass is 9.96. The van der Waals surface area contributed by atoms with E-state index in [1.807, 2.05) is 24.3 Å². The maximum Gasteiger partial charge on any atom is 0.228 e. The van der Waals surface area contributed by atoms with Crippen LogP contribution in [-0.2, 0) is 17.6 Å². The van der Waals surface area contributed by atoms with Crippen molar-refractivity contribution in [2.75, 3.05) is 13.2 Å². The van der Waals surface area contributed by atoms with Crippen LogP contribution in [0.1, 0.15) is 36.0 Å². The Kier molecular flexibility index (Phi) is 3.73. The van der Waals surface area contributed by atoms with E-state index in [4.69, 9.17) is 9.26 Å². The Morgan fingerprint density at radius 2 is 2.17 bits per heavy atom. The van der Waals surface area contributed by atoms with Gasteiger partial charge in [0.1, 0.15) is 12.4 Å². The van der Waals surface area contributed by atoms with E-state index in [9.17, 15) is 4.79 Å². The summed E-state index contributed by atoms with van der Waals surface area (Å²) in [6, 6.07) is 7.86. The monoisotopic (exact) mass is 313 g/mol. The van der Waals surface area contributed by atoms with Crippen LogP contribution in [0.3, 0.4) is 0 Å². The standard InChI is InChI=1S/C17H19N3O3/c21-17(13-9-12-3-1-2-4-14(12)22-10-13)18-8-7-15-19-16(20-23-15)11-5-6-11/h1-4,11,13H,5-10H2,(H,18,21)/t13-/m1/s1. The van der Waals surface area contributed by atoms with Gasteiger partial charge in [-0.3, -0.25) is 4.79 Å². The minimum atomic E-state index is -0.144. The minimum Gasteiger partial charge on any atom is -0.492 e. The fourth-order valence-corrected chi connectivity index (χ4v) is 2.81. The fraction of sp³-hybridized carbons (Fsp3) is 0.471. The molecule has 1 atom stereocenters. The molecule has 1 saturated carbocycles. The summed E-state index contributed by atoms with van der Waals surface area (Å²) in [6.07, 6.45) is 3.59. The molecule has 0 saturated heterocycles. The van der Waals surface area contributed by atoms with Crippen molar-refractivity contribution in [1.29, 1.82) is 0 Å². The summed E-state index contributed by atoms with van der Waals surface area (Å²) in [4.78, 5) is 16.6. The topological polar surface area (TPSA) is 77.3 Å². The van der Waals surface area contributed by atoms with Crippen LogP contribution < -0.4 is 10.1 Å². The minimum absolute atomic E-state index is 0.0152. The molecule has 1 aliphatic heterocycles. The predicted molar refractivity (Wildman–Crippen MR) is 82.1 cm³/mol. The van der Waals surface area contributed by atoms with Gasteiger partial charge in [-0.05, 0) is 30.9 Å². The summed E-state index contributed by atoms with van der Waals surface area (Å²) in [5.41, 5.74) is 1.09. The third kappa shape index (κ3) is 3.21. The zero-order valence-electron chi connectivity index (χ0n) is 12.8. The summed E-state index contributed by atoms with van der Waals surface area (Å²) >= 11 is 0. The molecule has 23 heavy (non-hydrogen) atoms. The van der Waals surface area contributed by atoms with Crippen molar-refractivity contribution in [1.82, 2.24) is 15.5 Å². The lowest BCUT2D eigenvalue weighted by Crippen LogP contribution is -2.38. The molecule has 2 aromatic rings. The highest BCUT2D eigenvalue weighted by atomic mass is 16.5. The first kappa shape index (κ1) is 14.2. The molecule has 120 valence electrons. The van der Waals surface area contributed by atoms with E-state index in [1.54, 1.807) is 0 Å². The smallest absolute Gasteiger partial charge is 0.228 e. The van der Waals surface area contributed by atoms with Gasteiger partial charge in [0.05, 0.1) is 5.92 Å². The number of nitrogens with zero attached hydrogens (tertiary/aromatic N) is 2. The second kappa shape index (κ2) is 6.02. The maximum atomic E-state index is 12.3. The molecule has 1 aliphatic carbocycles. The number of amides is 1. The van der Waals surface area contributed by atoms with Crippen LogP contribution in [0.4, 0.5) is 0 Å². The van der Waals surface area contributed by atoms with E-state index < -0.39 is 0 Å². The molecule has 1 aromatic heterocycles. The number of aromatic nitrogens is 2. The zero-order chi connectivity index (χ0) is 15.6. The summed E-state index contributed by atoms with van der Waals surface area (Å²) in [6.45, 7) is 0.929. The average Bonchev–Trinajstić information content (AvgIpc) is 3.33.